The Morgan fingerprint density at radius 2 is 2.20 bits per heavy atom. The summed E-state index contributed by atoms with van der Waals surface area (Å²) < 4.78 is 11.2. The highest BCUT2D eigenvalue weighted by Crippen LogP contribution is 2.21. The molecular formula is C10H13ClN2OS. The van der Waals surface area contributed by atoms with E-state index in [4.69, 9.17) is 11.6 Å². The zero-order valence-corrected chi connectivity index (χ0v) is 9.85. The van der Waals surface area contributed by atoms with E-state index in [1.54, 1.807) is 6.20 Å². The maximum Gasteiger partial charge on any atom is 0.144 e. The third-order valence-corrected chi connectivity index (χ3v) is 4.17. The van der Waals surface area contributed by atoms with Gasteiger partial charge in [0.25, 0.3) is 0 Å². The van der Waals surface area contributed by atoms with Crippen molar-refractivity contribution in [2.45, 2.75) is 18.9 Å². The number of nitrogens with zero attached hydrogens (tertiary/aromatic N) is 1. The van der Waals surface area contributed by atoms with E-state index in [0.29, 0.717) is 11.1 Å². The molecule has 3 nitrogen and oxygen atoms in total. The second-order valence-corrected chi connectivity index (χ2v) is 5.70. The van der Waals surface area contributed by atoms with E-state index < -0.39 is 10.8 Å². The standard InChI is InChI=1S/C10H13ClN2OS/c11-9-2-1-5-12-10(9)13-8-3-6-15(14)7-4-8/h1-2,5,8H,3-4,6-7H2,(H,12,13). The molecule has 5 heteroatoms. The van der Waals surface area contributed by atoms with Gasteiger partial charge < -0.3 is 5.32 Å². The van der Waals surface area contributed by atoms with Gasteiger partial charge in [0.05, 0.1) is 5.02 Å². The fourth-order valence-corrected chi connectivity index (χ4v) is 3.10. The van der Waals surface area contributed by atoms with Gasteiger partial charge in [-0.25, -0.2) is 4.98 Å². The van der Waals surface area contributed by atoms with Gasteiger partial charge in [-0.2, -0.15) is 0 Å². The molecule has 2 rings (SSSR count). The maximum atomic E-state index is 11.2. The number of hydrogen-bond acceptors (Lipinski definition) is 3. The molecule has 2 heterocycles. The zero-order chi connectivity index (χ0) is 10.7. The smallest absolute Gasteiger partial charge is 0.144 e. The normalized spacial score (nSPS) is 26.2. The Bertz CT molecular complexity index is 362. The Hall–Kier alpha value is -0.610. The van der Waals surface area contributed by atoms with Crippen LogP contribution in [0, 0.1) is 0 Å². The number of anilines is 1. The molecule has 1 aromatic heterocycles. The zero-order valence-electron chi connectivity index (χ0n) is 8.28. The third kappa shape index (κ3) is 2.92. The first kappa shape index (κ1) is 10.9. The fraction of sp³-hybridized carbons (Fsp3) is 0.500. The lowest BCUT2D eigenvalue weighted by Crippen LogP contribution is -2.29. The summed E-state index contributed by atoms with van der Waals surface area (Å²) in [5.74, 6) is 2.29. The van der Waals surface area contributed by atoms with Crippen molar-refractivity contribution in [3.8, 4) is 0 Å². The van der Waals surface area contributed by atoms with Crippen molar-refractivity contribution in [2.24, 2.45) is 0 Å². The summed E-state index contributed by atoms with van der Waals surface area (Å²) in [6.45, 7) is 0. The summed E-state index contributed by atoms with van der Waals surface area (Å²) >= 11 is 5.99. The van der Waals surface area contributed by atoms with Crippen molar-refractivity contribution >= 4 is 28.2 Å². The molecule has 1 fully saturated rings. The summed E-state index contributed by atoms with van der Waals surface area (Å²) in [7, 11) is -0.618. The number of nitrogens with one attached hydrogen (secondary N) is 1. The lowest BCUT2D eigenvalue weighted by atomic mass is 10.1. The Morgan fingerprint density at radius 1 is 1.47 bits per heavy atom. The second-order valence-electron chi connectivity index (χ2n) is 3.60. The van der Waals surface area contributed by atoms with Crippen LogP contribution in [0.1, 0.15) is 12.8 Å². The fourth-order valence-electron chi connectivity index (χ4n) is 1.62. The molecule has 1 N–H and O–H groups in total. The molecule has 1 saturated heterocycles. The molecule has 0 radical (unpaired) electrons. The molecule has 1 aliphatic rings. The van der Waals surface area contributed by atoms with Crippen LogP contribution in [0.15, 0.2) is 18.3 Å². The van der Waals surface area contributed by atoms with Gasteiger partial charge in [-0.3, -0.25) is 4.21 Å². The molecule has 0 amide bonds. The summed E-state index contributed by atoms with van der Waals surface area (Å²) in [6, 6.07) is 3.98. The predicted octanol–water partition coefficient (Wildman–Crippen LogP) is 2.06. The van der Waals surface area contributed by atoms with Gasteiger partial charge in [0.1, 0.15) is 5.82 Å². The minimum Gasteiger partial charge on any atom is -0.366 e. The quantitative estimate of drug-likeness (QED) is 0.866. The van der Waals surface area contributed by atoms with Crippen LogP contribution in [0.4, 0.5) is 5.82 Å². The Balaban J connectivity index is 1.97. The highest BCUT2D eigenvalue weighted by atomic mass is 35.5. The van der Waals surface area contributed by atoms with Gasteiger partial charge >= 0.3 is 0 Å². The molecule has 15 heavy (non-hydrogen) atoms. The lowest BCUT2D eigenvalue weighted by molar-refractivity contribution is 0.622. The second kappa shape index (κ2) is 4.94. The molecule has 0 unspecified atom stereocenters. The molecule has 0 spiro atoms. The SMILES string of the molecule is O=S1CCC(Nc2ncccc2Cl)CC1. The van der Waals surface area contributed by atoms with Crippen LogP contribution in [-0.2, 0) is 10.8 Å². The van der Waals surface area contributed by atoms with Gasteiger partial charge in [0.2, 0.25) is 0 Å². The van der Waals surface area contributed by atoms with Crippen LogP contribution < -0.4 is 5.32 Å². The average molecular weight is 245 g/mol. The van der Waals surface area contributed by atoms with Crippen LogP contribution in [0.25, 0.3) is 0 Å². The molecule has 0 aromatic carbocycles. The highest BCUT2D eigenvalue weighted by Gasteiger charge is 2.18. The first-order valence-electron chi connectivity index (χ1n) is 4.98. The van der Waals surface area contributed by atoms with Gasteiger partial charge in [0, 0.05) is 34.5 Å². The van der Waals surface area contributed by atoms with Gasteiger partial charge in [-0.05, 0) is 25.0 Å². The van der Waals surface area contributed by atoms with Gasteiger partial charge in [0.15, 0.2) is 0 Å². The Morgan fingerprint density at radius 3 is 2.87 bits per heavy atom. The van der Waals surface area contributed by atoms with E-state index >= 15 is 0 Å². The monoisotopic (exact) mass is 244 g/mol. The van der Waals surface area contributed by atoms with E-state index in [-0.39, 0.29) is 0 Å². The van der Waals surface area contributed by atoms with E-state index in [0.717, 1.165) is 30.2 Å². The van der Waals surface area contributed by atoms with E-state index in [2.05, 4.69) is 10.3 Å². The molecule has 0 saturated carbocycles. The molecule has 0 aliphatic carbocycles. The molecule has 1 aromatic rings. The van der Waals surface area contributed by atoms with E-state index in [9.17, 15) is 4.21 Å². The third-order valence-electron chi connectivity index (χ3n) is 2.49. The first-order valence-corrected chi connectivity index (χ1v) is 6.84. The van der Waals surface area contributed by atoms with Crippen molar-refractivity contribution < 1.29 is 4.21 Å². The Labute approximate surface area is 96.7 Å². The minimum absolute atomic E-state index is 0.357. The van der Waals surface area contributed by atoms with Crippen LogP contribution >= 0.6 is 11.6 Å². The van der Waals surface area contributed by atoms with Crippen molar-refractivity contribution in [3.63, 3.8) is 0 Å². The molecule has 1 aliphatic heterocycles. The molecule has 0 atom stereocenters. The van der Waals surface area contributed by atoms with Crippen LogP contribution in [0.5, 0.6) is 0 Å². The van der Waals surface area contributed by atoms with Crippen molar-refractivity contribution in [1.82, 2.24) is 4.98 Å². The van der Waals surface area contributed by atoms with Crippen LogP contribution in [-0.4, -0.2) is 26.7 Å². The van der Waals surface area contributed by atoms with Crippen molar-refractivity contribution in [2.75, 3.05) is 16.8 Å². The van der Waals surface area contributed by atoms with E-state index in [1.807, 2.05) is 12.1 Å². The van der Waals surface area contributed by atoms with Crippen LogP contribution in [0.3, 0.4) is 0 Å². The number of halogens is 1. The van der Waals surface area contributed by atoms with Gasteiger partial charge in [-0.15, -0.1) is 0 Å². The summed E-state index contributed by atoms with van der Waals surface area (Å²) in [5, 5.41) is 3.93. The lowest BCUT2D eigenvalue weighted by Gasteiger charge is -2.23. The van der Waals surface area contributed by atoms with Crippen molar-refractivity contribution in [3.05, 3.63) is 23.4 Å². The summed E-state index contributed by atoms with van der Waals surface area (Å²) in [6.07, 6.45) is 3.58. The first-order chi connectivity index (χ1) is 7.25. The van der Waals surface area contributed by atoms with Crippen molar-refractivity contribution in [1.29, 1.82) is 0 Å². The molecular weight excluding hydrogens is 232 g/mol. The molecule has 0 bridgehead atoms. The average Bonchev–Trinajstić information content (AvgIpc) is 2.25. The number of rotatable bonds is 2. The summed E-state index contributed by atoms with van der Waals surface area (Å²) in [5.41, 5.74) is 0. The maximum absolute atomic E-state index is 11.2. The largest absolute Gasteiger partial charge is 0.366 e. The number of pyridine rings is 1. The number of aromatic nitrogens is 1. The summed E-state index contributed by atoms with van der Waals surface area (Å²) in [4.78, 5) is 4.17. The Kier molecular flexibility index (Phi) is 3.59. The minimum atomic E-state index is -0.618. The highest BCUT2D eigenvalue weighted by molar-refractivity contribution is 7.85. The van der Waals surface area contributed by atoms with Gasteiger partial charge in [-0.1, -0.05) is 11.6 Å². The van der Waals surface area contributed by atoms with E-state index in [1.165, 1.54) is 0 Å². The topological polar surface area (TPSA) is 42.0 Å². The molecule has 82 valence electrons. The predicted molar refractivity (Wildman–Crippen MR) is 63.8 cm³/mol. The van der Waals surface area contributed by atoms with Crippen LogP contribution in [0.2, 0.25) is 5.02 Å². The number of hydrogen-bond donors (Lipinski definition) is 1.